The van der Waals surface area contributed by atoms with E-state index in [0.29, 0.717) is 0 Å². The first kappa shape index (κ1) is 14.6. The number of pyridine rings is 1. The second kappa shape index (κ2) is 4.65. The van der Waals surface area contributed by atoms with Crippen LogP contribution >= 0.6 is 33.3 Å². The Morgan fingerprint density at radius 3 is 2.41 bits per heavy atom. The van der Waals surface area contributed by atoms with Crippen LogP contribution in [0.1, 0.15) is 0 Å². The van der Waals surface area contributed by atoms with Crippen LogP contribution in [0.2, 0.25) is 0 Å². The highest BCUT2D eigenvalue weighted by Crippen LogP contribution is 2.36. The van der Waals surface area contributed by atoms with Crippen LogP contribution in [0.25, 0.3) is 0 Å². The Bertz CT molecular complexity index is 547. The zero-order chi connectivity index (χ0) is 13.4. The SMILES string of the molecule is O=S(=O)(Cl)c1cc(I)nc(OC(F)(F)F)c1O. The normalized spacial score (nSPS) is 12.5. The molecular weight excluding hydrogens is 401 g/mol. The van der Waals surface area contributed by atoms with Gasteiger partial charge in [-0.1, -0.05) is 0 Å². The summed E-state index contributed by atoms with van der Waals surface area (Å²) in [6.07, 6.45) is -5.11. The van der Waals surface area contributed by atoms with Crippen molar-refractivity contribution in [1.29, 1.82) is 0 Å². The lowest BCUT2D eigenvalue weighted by Crippen LogP contribution is -2.18. The lowest BCUT2D eigenvalue weighted by Gasteiger charge is -2.11. The van der Waals surface area contributed by atoms with E-state index in [0.717, 1.165) is 6.07 Å². The number of hydrogen-bond acceptors (Lipinski definition) is 5. The molecule has 5 nitrogen and oxygen atoms in total. The predicted octanol–water partition coefficient (Wildman–Crippen LogP) is 2.22. The average molecular weight is 404 g/mol. The summed E-state index contributed by atoms with van der Waals surface area (Å²) in [4.78, 5) is 2.30. The van der Waals surface area contributed by atoms with E-state index in [-0.39, 0.29) is 3.70 Å². The van der Waals surface area contributed by atoms with E-state index in [9.17, 15) is 26.7 Å². The number of halogens is 5. The fourth-order valence-electron chi connectivity index (χ4n) is 0.831. The molecule has 1 heterocycles. The minimum atomic E-state index is -5.11. The van der Waals surface area contributed by atoms with Crippen LogP contribution in [0.15, 0.2) is 11.0 Å². The molecular formula is C6H2ClF3INO4S. The fraction of sp³-hybridized carbons (Fsp3) is 0.167. The predicted molar refractivity (Wildman–Crippen MR) is 58.3 cm³/mol. The molecule has 1 aromatic heterocycles. The van der Waals surface area contributed by atoms with Gasteiger partial charge >= 0.3 is 6.36 Å². The van der Waals surface area contributed by atoms with E-state index in [1.165, 1.54) is 22.6 Å². The molecule has 0 saturated heterocycles. The number of ether oxygens (including phenoxy) is 1. The Kier molecular flexibility index (Phi) is 3.98. The summed E-state index contributed by atoms with van der Waals surface area (Å²) in [6.45, 7) is 0. The van der Waals surface area contributed by atoms with Crippen LogP contribution in [-0.2, 0) is 9.05 Å². The second-order valence-electron chi connectivity index (χ2n) is 2.58. The summed E-state index contributed by atoms with van der Waals surface area (Å²) in [6, 6.07) is 0.807. The smallest absolute Gasteiger partial charge is 0.502 e. The first-order chi connectivity index (χ1) is 7.50. The van der Waals surface area contributed by atoms with Gasteiger partial charge in [0.25, 0.3) is 14.9 Å². The molecule has 1 N–H and O–H groups in total. The molecule has 0 atom stereocenters. The van der Waals surface area contributed by atoms with Crippen molar-refractivity contribution in [1.82, 2.24) is 4.98 Å². The molecule has 1 aromatic rings. The Balaban J connectivity index is 3.40. The Labute approximate surface area is 111 Å². The highest BCUT2D eigenvalue weighted by Gasteiger charge is 2.35. The number of aromatic nitrogens is 1. The standard InChI is InChI=1S/C6H2ClF3INO4S/c7-17(14,15)2-1-3(11)12-5(4(2)13)16-6(8,9)10/h1,13H. The molecule has 0 aliphatic carbocycles. The quantitative estimate of drug-likeness (QED) is 0.466. The third kappa shape index (κ3) is 4.03. The van der Waals surface area contributed by atoms with Gasteiger partial charge in [0.15, 0.2) is 5.75 Å². The first-order valence-electron chi connectivity index (χ1n) is 3.60. The van der Waals surface area contributed by atoms with E-state index < -0.39 is 31.9 Å². The van der Waals surface area contributed by atoms with Gasteiger partial charge in [0.05, 0.1) is 0 Å². The summed E-state index contributed by atoms with van der Waals surface area (Å²) >= 11 is 1.45. The maximum Gasteiger partial charge on any atom is 0.574 e. The maximum absolute atomic E-state index is 11.9. The summed E-state index contributed by atoms with van der Waals surface area (Å²) in [7, 11) is 0.519. The monoisotopic (exact) mass is 403 g/mol. The van der Waals surface area contributed by atoms with Gasteiger partial charge in [-0.05, 0) is 28.7 Å². The Morgan fingerprint density at radius 1 is 1.47 bits per heavy atom. The van der Waals surface area contributed by atoms with Crippen molar-refractivity contribution in [2.75, 3.05) is 0 Å². The van der Waals surface area contributed by atoms with Gasteiger partial charge in [0.2, 0.25) is 0 Å². The van der Waals surface area contributed by atoms with E-state index >= 15 is 0 Å². The summed E-state index contributed by atoms with van der Waals surface area (Å²) in [5, 5.41) is 9.26. The molecule has 0 amide bonds. The third-order valence-electron chi connectivity index (χ3n) is 1.37. The largest absolute Gasteiger partial charge is 0.574 e. The van der Waals surface area contributed by atoms with E-state index in [1.807, 2.05) is 0 Å². The highest BCUT2D eigenvalue weighted by atomic mass is 127. The van der Waals surface area contributed by atoms with Crippen LogP contribution in [0, 0.1) is 3.70 Å². The van der Waals surface area contributed by atoms with Crippen LogP contribution in [-0.4, -0.2) is 24.9 Å². The van der Waals surface area contributed by atoms with Crippen LogP contribution in [0.4, 0.5) is 13.2 Å². The van der Waals surface area contributed by atoms with Gasteiger partial charge in [-0.3, -0.25) is 0 Å². The van der Waals surface area contributed by atoms with Crippen molar-refractivity contribution in [3.8, 4) is 11.6 Å². The average Bonchev–Trinajstić information content (AvgIpc) is 2.06. The van der Waals surface area contributed by atoms with Crippen molar-refractivity contribution >= 4 is 42.3 Å². The molecule has 0 bridgehead atoms. The molecule has 11 heteroatoms. The van der Waals surface area contributed by atoms with Crippen molar-refractivity contribution in [3.05, 3.63) is 9.77 Å². The third-order valence-corrected chi connectivity index (χ3v) is 3.26. The van der Waals surface area contributed by atoms with Gasteiger partial charge in [0.1, 0.15) is 8.60 Å². The van der Waals surface area contributed by atoms with Crippen LogP contribution in [0.5, 0.6) is 11.6 Å². The van der Waals surface area contributed by atoms with E-state index in [2.05, 4.69) is 9.72 Å². The van der Waals surface area contributed by atoms with Gasteiger partial charge in [-0.15, -0.1) is 13.2 Å². The fourth-order valence-corrected chi connectivity index (χ4v) is 2.50. The van der Waals surface area contributed by atoms with Gasteiger partial charge in [-0.2, -0.15) is 0 Å². The lowest BCUT2D eigenvalue weighted by molar-refractivity contribution is -0.276. The van der Waals surface area contributed by atoms with Crippen molar-refractivity contribution in [3.63, 3.8) is 0 Å². The van der Waals surface area contributed by atoms with Gasteiger partial charge in [-0.25, -0.2) is 13.4 Å². The second-order valence-corrected chi connectivity index (χ2v) is 6.22. The topological polar surface area (TPSA) is 76.5 Å². The summed E-state index contributed by atoms with van der Waals surface area (Å²) < 4.78 is 60.9. The van der Waals surface area contributed by atoms with Gasteiger partial charge < -0.3 is 9.84 Å². The molecule has 0 saturated carbocycles. The molecule has 0 aromatic carbocycles. The van der Waals surface area contributed by atoms with E-state index in [1.54, 1.807) is 0 Å². The van der Waals surface area contributed by atoms with E-state index in [4.69, 9.17) is 10.7 Å². The number of hydrogen-bond donors (Lipinski definition) is 1. The molecule has 0 aliphatic rings. The van der Waals surface area contributed by atoms with Crippen molar-refractivity contribution in [2.24, 2.45) is 0 Å². The number of aromatic hydroxyl groups is 1. The molecule has 0 aliphatic heterocycles. The summed E-state index contributed by atoms with van der Waals surface area (Å²) in [5.41, 5.74) is 0. The molecule has 0 fully saturated rings. The zero-order valence-electron chi connectivity index (χ0n) is 7.49. The molecule has 0 spiro atoms. The minimum Gasteiger partial charge on any atom is -0.502 e. The van der Waals surface area contributed by atoms with Crippen molar-refractivity contribution < 1.29 is 31.4 Å². The Morgan fingerprint density at radius 2 is 2.00 bits per heavy atom. The van der Waals surface area contributed by atoms with Crippen molar-refractivity contribution in [2.45, 2.75) is 11.3 Å². The van der Waals surface area contributed by atoms with Gasteiger partial charge in [0, 0.05) is 10.7 Å². The molecule has 96 valence electrons. The molecule has 0 unspecified atom stereocenters. The number of nitrogens with zero attached hydrogens (tertiary/aromatic N) is 1. The zero-order valence-corrected chi connectivity index (χ0v) is 11.2. The van der Waals surface area contributed by atoms with Crippen LogP contribution in [0.3, 0.4) is 0 Å². The maximum atomic E-state index is 11.9. The molecule has 17 heavy (non-hydrogen) atoms. The molecule has 0 radical (unpaired) electrons. The lowest BCUT2D eigenvalue weighted by atomic mass is 10.4. The molecule has 1 rings (SSSR count). The number of alkyl halides is 3. The first-order valence-corrected chi connectivity index (χ1v) is 6.99. The minimum absolute atomic E-state index is 0.140. The number of rotatable bonds is 2. The summed E-state index contributed by atoms with van der Waals surface area (Å²) in [5.74, 6) is -2.57. The van der Waals surface area contributed by atoms with Crippen LogP contribution < -0.4 is 4.74 Å². The Hall–Kier alpha value is -0.490. The highest BCUT2D eigenvalue weighted by molar-refractivity contribution is 14.1.